The number of hydrogen-bond donors (Lipinski definition) is 2. The maximum Gasteiger partial charge on any atom is 1.00 e. The van der Waals surface area contributed by atoms with E-state index in [-0.39, 0.29) is 69.4 Å². The first-order valence-corrected chi connectivity index (χ1v) is 9.02. The molecule has 0 heterocycles. The van der Waals surface area contributed by atoms with Crippen molar-refractivity contribution in [1.29, 1.82) is 0 Å². The van der Waals surface area contributed by atoms with Gasteiger partial charge in [0.2, 0.25) is 0 Å². The van der Waals surface area contributed by atoms with E-state index in [9.17, 15) is 9.18 Å². The number of nitrogens with zero attached hydrogens (tertiary/aromatic N) is 1. The van der Waals surface area contributed by atoms with Gasteiger partial charge in [-0.1, -0.05) is 37.3 Å². The zero-order valence-electron chi connectivity index (χ0n) is 16.8. The predicted octanol–water partition coefficient (Wildman–Crippen LogP) is 2.10. The topological polar surface area (TPSA) is 86.7 Å². The van der Waals surface area contributed by atoms with Crippen LogP contribution in [0.4, 0.5) is 4.39 Å². The normalized spacial score (nSPS) is 11.7. The molecule has 5 nitrogen and oxygen atoms in total. The van der Waals surface area contributed by atoms with E-state index >= 15 is 0 Å². The molecule has 7 heteroatoms. The molecule has 0 aliphatic carbocycles. The smallest absolute Gasteiger partial charge is 0.565 e. The Morgan fingerprint density at radius 3 is 2.52 bits per heavy atom. The summed E-state index contributed by atoms with van der Waals surface area (Å²) in [5, 5.41) is 8.93. The van der Waals surface area contributed by atoms with Crippen molar-refractivity contribution in [3.05, 3.63) is 100 Å². The SMILES string of the molecule is CCC(=C/N)/C=C(\CCc1cccc(F)c1)[N-]OCc1ccc(C(=O)O)cc1.[K+]. The Morgan fingerprint density at radius 1 is 1.21 bits per heavy atom. The second kappa shape index (κ2) is 13.7. The molecule has 0 aromatic heterocycles. The van der Waals surface area contributed by atoms with Crippen molar-refractivity contribution >= 4 is 5.97 Å². The molecule has 148 valence electrons. The van der Waals surface area contributed by atoms with Gasteiger partial charge in [0.1, 0.15) is 5.82 Å². The van der Waals surface area contributed by atoms with Crippen LogP contribution in [0.2, 0.25) is 0 Å². The molecule has 2 rings (SSSR count). The molecule has 0 amide bonds. The zero-order valence-corrected chi connectivity index (χ0v) is 19.9. The number of hydrogen-bond acceptors (Lipinski definition) is 3. The Morgan fingerprint density at radius 2 is 1.93 bits per heavy atom. The molecule has 0 aliphatic rings. The Hall–Kier alpha value is -1.48. The van der Waals surface area contributed by atoms with Crippen LogP contribution in [0.15, 0.2) is 72.1 Å². The first kappa shape index (κ1) is 25.6. The number of carboxylic acids is 1. The Bertz CT molecular complexity index is 851. The van der Waals surface area contributed by atoms with Crippen molar-refractivity contribution in [1.82, 2.24) is 0 Å². The molecule has 2 aromatic carbocycles. The molecule has 0 atom stereocenters. The summed E-state index contributed by atoms with van der Waals surface area (Å²) in [6, 6.07) is 12.9. The summed E-state index contributed by atoms with van der Waals surface area (Å²) >= 11 is 0. The monoisotopic (exact) mass is 422 g/mol. The predicted molar refractivity (Wildman–Crippen MR) is 107 cm³/mol. The third-order valence-corrected chi connectivity index (χ3v) is 4.15. The van der Waals surface area contributed by atoms with Gasteiger partial charge in [-0.2, -0.15) is 0 Å². The van der Waals surface area contributed by atoms with Crippen molar-refractivity contribution in [2.45, 2.75) is 32.8 Å². The van der Waals surface area contributed by atoms with Crippen LogP contribution in [0.25, 0.3) is 5.48 Å². The van der Waals surface area contributed by atoms with Crippen molar-refractivity contribution in [3.63, 3.8) is 0 Å². The number of nitrogens with two attached hydrogens (primary N) is 1. The number of allylic oxidation sites excluding steroid dienone is 3. The van der Waals surface area contributed by atoms with Crippen molar-refractivity contribution in [2.75, 3.05) is 0 Å². The number of carbonyl (C=O) groups is 1. The molecule has 0 saturated carbocycles. The van der Waals surface area contributed by atoms with Gasteiger partial charge in [0.25, 0.3) is 0 Å². The minimum Gasteiger partial charge on any atom is -0.565 e. The van der Waals surface area contributed by atoms with E-state index in [1.807, 2.05) is 19.1 Å². The number of rotatable bonds is 10. The standard InChI is InChI=1S/C22H24FN2O3.K/c1-2-16(14-24)13-21(11-8-17-4-3-5-20(23)12-17)25-28-15-18-6-9-19(10-7-18)22(26)27;/h3-7,9-10,12-14H,2,8,11,15,24H2,1H3,(H,26,27);/q-1;+1/b16-14-,21-13+;. The van der Waals surface area contributed by atoms with E-state index < -0.39 is 5.97 Å². The summed E-state index contributed by atoms with van der Waals surface area (Å²) in [5.74, 6) is -1.24. The molecule has 0 radical (unpaired) electrons. The van der Waals surface area contributed by atoms with Gasteiger partial charge in [0.05, 0.1) is 12.2 Å². The molecule has 0 fully saturated rings. The van der Waals surface area contributed by atoms with Crippen LogP contribution < -0.4 is 57.1 Å². The van der Waals surface area contributed by atoms with E-state index in [4.69, 9.17) is 15.7 Å². The fraction of sp³-hybridized carbons (Fsp3) is 0.227. The second-order valence-corrected chi connectivity index (χ2v) is 6.23. The van der Waals surface area contributed by atoms with Crippen LogP contribution in [-0.2, 0) is 17.9 Å². The molecule has 0 aliphatic heterocycles. The molecular formula is C22H24FKN2O3. The Balaban J connectivity index is 0.00000420. The molecule has 3 N–H and O–H groups in total. The van der Waals surface area contributed by atoms with E-state index in [0.717, 1.165) is 23.1 Å². The van der Waals surface area contributed by atoms with E-state index in [2.05, 4.69) is 5.48 Å². The minimum absolute atomic E-state index is 0. The first-order chi connectivity index (χ1) is 13.5. The summed E-state index contributed by atoms with van der Waals surface area (Å²) in [4.78, 5) is 16.3. The van der Waals surface area contributed by atoms with Crippen LogP contribution in [0.3, 0.4) is 0 Å². The largest absolute Gasteiger partial charge is 1.00 e. The fourth-order valence-corrected chi connectivity index (χ4v) is 2.52. The zero-order chi connectivity index (χ0) is 20.4. The van der Waals surface area contributed by atoms with Gasteiger partial charge in [-0.3, -0.25) is 0 Å². The summed E-state index contributed by atoms with van der Waals surface area (Å²) < 4.78 is 13.4. The van der Waals surface area contributed by atoms with Crippen molar-refractivity contribution < 1.29 is 70.5 Å². The average Bonchev–Trinajstić information content (AvgIpc) is 2.70. The molecular weight excluding hydrogens is 398 g/mol. The van der Waals surface area contributed by atoms with E-state index in [1.165, 1.54) is 30.5 Å². The summed E-state index contributed by atoms with van der Waals surface area (Å²) in [5.41, 5.74) is 13.4. The van der Waals surface area contributed by atoms with Gasteiger partial charge in [0.15, 0.2) is 0 Å². The molecule has 0 bridgehead atoms. The van der Waals surface area contributed by atoms with Crippen LogP contribution in [0, 0.1) is 5.82 Å². The van der Waals surface area contributed by atoms with Gasteiger partial charge in [-0.05, 0) is 66.4 Å². The van der Waals surface area contributed by atoms with Gasteiger partial charge < -0.3 is 21.2 Å². The number of benzene rings is 2. The molecule has 29 heavy (non-hydrogen) atoms. The molecule has 0 saturated heterocycles. The Labute approximate surface area is 213 Å². The first-order valence-electron chi connectivity index (χ1n) is 9.02. The van der Waals surface area contributed by atoms with Gasteiger partial charge in [-0.25, -0.2) is 9.18 Å². The third-order valence-electron chi connectivity index (χ3n) is 4.15. The third kappa shape index (κ3) is 9.25. The average molecular weight is 423 g/mol. The van der Waals surface area contributed by atoms with Crippen molar-refractivity contribution in [3.8, 4) is 0 Å². The Kier molecular flexibility index (Phi) is 12.1. The molecule has 0 unspecified atom stereocenters. The number of halogens is 1. The number of aromatic carboxylic acids is 1. The molecule has 0 spiro atoms. The number of carboxylic acid groups (broad SMARTS) is 1. The minimum atomic E-state index is -0.972. The molecule has 2 aromatic rings. The summed E-state index contributed by atoms with van der Waals surface area (Å²) in [6.07, 6.45) is 5.34. The van der Waals surface area contributed by atoms with E-state index in [1.54, 1.807) is 18.2 Å². The van der Waals surface area contributed by atoms with Crippen molar-refractivity contribution in [2.24, 2.45) is 5.73 Å². The van der Waals surface area contributed by atoms with Crippen LogP contribution >= 0.6 is 0 Å². The van der Waals surface area contributed by atoms with Crippen LogP contribution in [0.5, 0.6) is 0 Å². The van der Waals surface area contributed by atoms with Crippen LogP contribution in [0.1, 0.15) is 41.3 Å². The maximum absolute atomic E-state index is 13.4. The van der Waals surface area contributed by atoms with E-state index in [0.29, 0.717) is 18.5 Å². The summed E-state index contributed by atoms with van der Waals surface area (Å²) in [7, 11) is 0. The fourth-order valence-electron chi connectivity index (χ4n) is 2.52. The number of aryl methyl sites for hydroxylation is 1. The van der Waals surface area contributed by atoms with Gasteiger partial charge in [-0.15, -0.1) is 5.70 Å². The van der Waals surface area contributed by atoms with Crippen LogP contribution in [-0.4, -0.2) is 11.1 Å². The second-order valence-electron chi connectivity index (χ2n) is 6.23. The summed E-state index contributed by atoms with van der Waals surface area (Å²) in [6.45, 7) is 2.20. The van der Waals surface area contributed by atoms with Gasteiger partial charge >= 0.3 is 57.4 Å². The van der Waals surface area contributed by atoms with Gasteiger partial charge in [0, 0.05) is 0 Å². The number of hydroxylamine groups is 1. The quantitative estimate of drug-likeness (QED) is 0.349. The maximum atomic E-state index is 13.4.